The second-order valence-corrected chi connectivity index (χ2v) is 4.67. The zero-order valence-electron chi connectivity index (χ0n) is 11.3. The summed E-state index contributed by atoms with van der Waals surface area (Å²) in [6, 6.07) is -1.10. The van der Waals surface area contributed by atoms with Crippen molar-refractivity contribution in [3.05, 3.63) is 35.7 Å². The van der Waals surface area contributed by atoms with Crippen LogP contribution in [0.2, 0.25) is 0 Å². The molecule has 0 radical (unpaired) electrons. The number of piperidine rings is 1. The lowest BCUT2D eigenvalue weighted by Crippen LogP contribution is -2.54. The first-order chi connectivity index (χ1) is 9.88. The number of rotatable bonds is 2. The van der Waals surface area contributed by atoms with Crippen LogP contribution in [0.25, 0.3) is 0 Å². The van der Waals surface area contributed by atoms with Crippen LogP contribution in [0.1, 0.15) is 19.8 Å². The predicted octanol–water partition coefficient (Wildman–Crippen LogP) is 0.516. The molecule has 21 heavy (non-hydrogen) atoms. The average Bonchev–Trinajstić information content (AvgIpc) is 2.63. The van der Waals surface area contributed by atoms with Crippen molar-refractivity contribution in [1.82, 2.24) is 10.2 Å². The van der Waals surface area contributed by atoms with Crippen LogP contribution in [0.4, 0.5) is 4.39 Å². The highest BCUT2D eigenvalue weighted by atomic mass is 19.1. The summed E-state index contributed by atoms with van der Waals surface area (Å²) in [4.78, 5) is 48.1. The van der Waals surface area contributed by atoms with Gasteiger partial charge in [0, 0.05) is 6.42 Å². The van der Waals surface area contributed by atoms with Crippen LogP contribution in [0.3, 0.4) is 0 Å². The molecule has 0 saturated carbocycles. The molecule has 4 amide bonds. The Morgan fingerprint density at radius 1 is 1.33 bits per heavy atom. The minimum absolute atomic E-state index is 0.0155. The molecule has 1 N–H and O–H groups in total. The Hall–Kier alpha value is -2.57. The number of halogens is 1. The summed E-state index contributed by atoms with van der Waals surface area (Å²) in [5.74, 6) is -3.64. The quantitative estimate of drug-likeness (QED) is 0.594. The minimum atomic E-state index is -1.10. The third-order valence-corrected chi connectivity index (χ3v) is 3.30. The van der Waals surface area contributed by atoms with Gasteiger partial charge in [0.05, 0.1) is 11.1 Å². The van der Waals surface area contributed by atoms with Crippen molar-refractivity contribution in [2.75, 3.05) is 0 Å². The summed E-state index contributed by atoms with van der Waals surface area (Å²) in [5, 5.41) is 2.06. The van der Waals surface area contributed by atoms with Crippen molar-refractivity contribution in [3.63, 3.8) is 0 Å². The summed E-state index contributed by atoms with van der Waals surface area (Å²) < 4.78 is 13.6. The number of allylic oxidation sites excluding steroid dienone is 3. The van der Waals surface area contributed by atoms with E-state index in [1.165, 1.54) is 12.2 Å². The fourth-order valence-electron chi connectivity index (χ4n) is 2.38. The molecule has 0 spiro atoms. The van der Waals surface area contributed by atoms with Gasteiger partial charge in [-0.1, -0.05) is 12.7 Å². The van der Waals surface area contributed by atoms with Crippen molar-refractivity contribution >= 4 is 23.6 Å². The Morgan fingerprint density at radius 2 is 2.00 bits per heavy atom. The maximum absolute atomic E-state index is 13.6. The van der Waals surface area contributed by atoms with Crippen molar-refractivity contribution in [2.45, 2.75) is 25.8 Å². The fraction of sp³-hybridized carbons (Fsp3) is 0.286. The van der Waals surface area contributed by atoms with Gasteiger partial charge in [-0.2, -0.15) is 0 Å². The molecule has 7 heteroatoms. The maximum Gasteiger partial charge on any atom is 0.264 e. The van der Waals surface area contributed by atoms with Crippen molar-refractivity contribution < 1.29 is 23.6 Å². The van der Waals surface area contributed by atoms with Crippen LogP contribution in [0, 0.1) is 0 Å². The van der Waals surface area contributed by atoms with Gasteiger partial charge in [-0.25, -0.2) is 4.39 Å². The molecule has 0 aromatic carbocycles. The van der Waals surface area contributed by atoms with Crippen LogP contribution >= 0.6 is 0 Å². The van der Waals surface area contributed by atoms with Crippen molar-refractivity contribution in [3.8, 4) is 0 Å². The van der Waals surface area contributed by atoms with Gasteiger partial charge in [0.15, 0.2) is 0 Å². The molecule has 0 aromatic heterocycles. The Balaban J connectivity index is 2.44. The van der Waals surface area contributed by atoms with E-state index in [1.807, 2.05) is 0 Å². The highest BCUT2D eigenvalue weighted by molar-refractivity contribution is 6.26. The molecule has 110 valence electrons. The van der Waals surface area contributed by atoms with E-state index in [4.69, 9.17) is 0 Å². The molecule has 1 atom stereocenters. The molecule has 0 bridgehead atoms. The number of hydrogen-bond donors (Lipinski definition) is 1. The van der Waals surface area contributed by atoms with Gasteiger partial charge < -0.3 is 0 Å². The zero-order chi connectivity index (χ0) is 15.7. The molecule has 2 saturated heterocycles. The van der Waals surface area contributed by atoms with Crippen molar-refractivity contribution in [2.24, 2.45) is 0 Å². The largest absolute Gasteiger partial charge is 0.295 e. The van der Waals surface area contributed by atoms with Gasteiger partial charge in [0.25, 0.3) is 11.8 Å². The zero-order valence-corrected chi connectivity index (χ0v) is 11.3. The van der Waals surface area contributed by atoms with Crippen LogP contribution in [-0.2, 0) is 19.2 Å². The van der Waals surface area contributed by atoms with Gasteiger partial charge in [-0.3, -0.25) is 29.4 Å². The van der Waals surface area contributed by atoms with Crippen LogP contribution < -0.4 is 5.32 Å². The first-order valence-corrected chi connectivity index (χ1v) is 6.29. The molecule has 6 nitrogen and oxygen atoms in total. The normalized spacial score (nSPS) is 27.2. The number of likely N-dealkylation sites (tertiary alicyclic amines) is 1. The van der Waals surface area contributed by atoms with E-state index in [9.17, 15) is 23.6 Å². The molecule has 2 fully saturated rings. The summed E-state index contributed by atoms with van der Waals surface area (Å²) in [6.07, 6.45) is 2.53. The Morgan fingerprint density at radius 3 is 2.52 bits per heavy atom. The van der Waals surface area contributed by atoms with Gasteiger partial charge in [-0.05, 0) is 19.4 Å². The molecular formula is C14H13FN2O4. The van der Waals surface area contributed by atoms with Gasteiger partial charge in [0.1, 0.15) is 11.9 Å². The molecule has 2 heterocycles. The Bertz CT molecular complexity index is 629. The number of carbonyl (C=O) groups is 4. The lowest BCUT2D eigenvalue weighted by molar-refractivity contribution is -0.149. The van der Waals surface area contributed by atoms with E-state index in [0.29, 0.717) is 4.90 Å². The number of carbonyl (C=O) groups excluding carboxylic acids is 4. The number of nitrogens with one attached hydrogen (secondary N) is 1. The third-order valence-electron chi connectivity index (χ3n) is 3.30. The fourth-order valence-corrected chi connectivity index (χ4v) is 2.38. The van der Waals surface area contributed by atoms with E-state index in [2.05, 4.69) is 11.9 Å². The highest BCUT2D eigenvalue weighted by Crippen LogP contribution is 2.31. The Labute approximate surface area is 120 Å². The lowest BCUT2D eigenvalue weighted by atomic mass is 10.0. The monoisotopic (exact) mass is 292 g/mol. The van der Waals surface area contributed by atoms with Crippen LogP contribution in [0.15, 0.2) is 35.7 Å². The predicted molar refractivity (Wildman–Crippen MR) is 70.1 cm³/mol. The SMILES string of the molecule is C=C/C=C1/C(=O)N(C2CCC(=O)NC2=O)C(=O)/C1=C(/C)F. The Kier molecular flexibility index (Phi) is 3.84. The topological polar surface area (TPSA) is 83.6 Å². The second kappa shape index (κ2) is 5.43. The van der Waals surface area contributed by atoms with E-state index in [1.54, 1.807) is 0 Å². The molecule has 2 rings (SSSR count). The third kappa shape index (κ3) is 2.42. The molecular weight excluding hydrogens is 279 g/mol. The van der Waals surface area contributed by atoms with E-state index >= 15 is 0 Å². The van der Waals surface area contributed by atoms with Crippen LogP contribution in [-0.4, -0.2) is 34.6 Å². The smallest absolute Gasteiger partial charge is 0.264 e. The van der Waals surface area contributed by atoms with Crippen molar-refractivity contribution in [1.29, 1.82) is 0 Å². The van der Waals surface area contributed by atoms with Gasteiger partial charge in [0.2, 0.25) is 11.8 Å². The summed E-state index contributed by atoms with van der Waals surface area (Å²) in [5.41, 5.74) is -0.510. The summed E-state index contributed by atoms with van der Waals surface area (Å²) in [6.45, 7) is 4.47. The number of nitrogens with zero attached hydrogens (tertiary/aromatic N) is 1. The molecule has 0 aliphatic carbocycles. The van der Waals surface area contributed by atoms with Gasteiger partial charge in [-0.15, -0.1) is 0 Å². The summed E-state index contributed by atoms with van der Waals surface area (Å²) >= 11 is 0. The second-order valence-electron chi connectivity index (χ2n) is 4.67. The van der Waals surface area contributed by atoms with Gasteiger partial charge >= 0.3 is 0 Å². The highest BCUT2D eigenvalue weighted by Gasteiger charge is 2.47. The van der Waals surface area contributed by atoms with Crippen LogP contribution in [0.5, 0.6) is 0 Å². The standard InChI is InChI=1S/C14H13FN2O4/c1-3-4-8-11(7(2)15)14(21)17(13(8)20)9-5-6-10(18)16-12(9)19/h3-4,9H,1,5-6H2,2H3,(H,16,18,19)/b8-4+,11-7-. The summed E-state index contributed by atoms with van der Waals surface area (Å²) in [7, 11) is 0. The van der Waals surface area contributed by atoms with E-state index in [0.717, 1.165) is 6.92 Å². The van der Waals surface area contributed by atoms with E-state index < -0.39 is 35.5 Å². The first-order valence-electron chi connectivity index (χ1n) is 6.29. The molecule has 2 aliphatic rings. The number of imide groups is 2. The lowest BCUT2D eigenvalue weighted by Gasteiger charge is -2.27. The number of hydrogen-bond acceptors (Lipinski definition) is 4. The maximum atomic E-state index is 13.6. The first kappa shape index (κ1) is 14.8. The van der Waals surface area contributed by atoms with E-state index in [-0.39, 0.29) is 24.0 Å². The minimum Gasteiger partial charge on any atom is -0.295 e. The molecule has 0 aromatic rings. The number of amides is 4. The average molecular weight is 292 g/mol. The molecule has 1 unspecified atom stereocenters. The molecule has 2 aliphatic heterocycles.